The number of aliphatic carboxylic acids is 1. The molecule has 0 radical (unpaired) electrons. The fourth-order valence-electron chi connectivity index (χ4n) is 14.4. The highest BCUT2D eigenvalue weighted by Crippen LogP contribution is 2.62. The third-order valence-corrected chi connectivity index (χ3v) is 21.0. The molecule has 6 N–H and O–H groups in total. The first-order valence-electron chi connectivity index (χ1n) is 24.6. The van der Waals surface area contributed by atoms with Crippen LogP contribution in [0.5, 0.6) is 0 Å². The van der Waals surface area contributed by atoms with Gasteiger partial charge >= 0.3 is 5.97 Å². The molecule has 12 rings (SSSR count). The summed E-state index contributed by atoms with van der Waals surface area (Å²) in [5, 5.41) is 32.9. The molecule has 10 aliphatic rings. The van der Waals surface area contributed by atoms with E-state index in [9.17, 15) is 36.6 Å². The molecule has 10 fully saturated rings. The maximum Gasteiger partial charge on any atom is 0.333 e. The third-order valence-electron chi connectivity index (χ3n) is 17.2. The Morgan fingerprint density at radius 2 is 0.923 bits per heavy atom. The number of aryl methyl sites for hydroxylation is 2. The quantitative estimate of drug-likeness (QED) is 0.175. The highest BCUT2D eigenvalue weighted by atomic mass is 32.2. The van der Waals surface area contributed by atoms with Crippen LogP contribution in [-0.4, -0.2) is 104 Å². The Morgan fingerprint density at radius 3 is 1.25 bits per heavy atom. The zero-order valence-electron chi connectivity index (χ0n) is 38.5. The Bertz CT molecular complexity index is 2130. The zero-order chi connectivity index (χ0) is 46.3. The van der Waals surface area contributed by atoms with Crippen molar-refractivity contribution in [3.05, 3.63) is 59.7 Å². The van der Waals surface area contributed by atoms with Crippen LogP contribution in [0.25, 0.3) is 0 Å². The fraction of sp³-hybridized carbons (Fsp3) is 0.720. The van der Waals surface area contributed by atoms with Crippen molar-refractivity contribution in [3.63, 3.8) is 0 Å². The van der Waals surface area contributed by atoms with Crippen LogP contribution in [-0.2, 0) is 29.6 Å². The molecular formula is C50H74N4O9S2. The van der Waals surface area contributed by atoms with Crippen molar-refractivity contribution in [2.75, 3.05) is 39.3 Å². The predicted molar refractivity (Wildman–Crippen MR) is 248 cm³/mol. The van der Waals surface area contributed by atoms with E-state index >= 15 is 0 Å². The first-order valence-corrected chi connectivity index (χ1v) is 27.5. The van der Waals surface area contributed by atoms with Gasteiger partial charge in [-0.2, -0.15) is 8.61 Å². The minimum absolute atomic E-state index is 0.204. The Kier molecular flexibility index (Phi) is 14.6. The Morgan fingerprint density at radius 1 is 0.600 bits per heavy atom. The number of rotatable bonds is 11. The van der Waals surface area contributed by atoms with Gasteiger partial charge in [0.15, 0.2) is 6.10 Å². The van der Waals surface area contributed by atoms with Crippen LogP contribution in [0.2, 0.25) is 0 Å². The van der Waals surface area contributed by atoms with E-state index in [0.717, 1.165) is 75.3 Å². The van der Waals surface area contributed by atoms with E-state index in [1.807, 2.05) is 38.1 Å². The summed E-state index contributed by atoms with van der Waals surface area (Å²) in [7, 11) is -6.78. The number of nitrogens with one attached hydrogen (secondary N) is 1. The number of carbonyl (C=O) groups excluding carboxylic acids is 1. The summed E-state index contributed by atoms with van der Waals surface area (Å²) in [5.74, 6) is 3.66. The SMILES string of the molecule is Cc1ccc(S(=O)(=O)N2CCC(CN)CC2)cc1.Cc1ccc(S(=O)(=O)N2CCC(CNC(=O)C(O)C34CC5CC(CC(C5)C3)C4)CC2)cc1.O=C(O)C(O)C12CC3CC(CC(C3)C1)C2. The largest absolute Gasteiger partial charge is 0.479 e. The molecule has 8 aliphatic carbocycles. The van der Waals surface area contributed by atoms with Crippen molar-refractivity contribution in [3.8, 4) is 0 Å². The number of carboxylic acids is 1. The number of amides is 1. The van der Waals surface area contributed by atoms with E-state index in [1.165, 1.54) is 38.5 Å². The Balaban J connectivity index is 0.000000147. The number of aliphatic hydroxyl groups excluding tert-OH is 2. The van der Waals surface area contributed by atoms with Crippen molar-refractivity contribution in [1.29, 1.82) is 0 Å². The van der Waals surface area contributed by atoms with E-state index in [1.54, 1.807) is 32.9 Å². The minimum Gasteiger partial charge on any atom is -0.479 e. The lowest BCUT2D eigenvalue weighted by atomic mass is 9.48. The summed E-state index contributed by atoms with van der Waals surface area (Å²) >= 11 is 0. The summed E-state index contributed by atoms with van der Waals surface area (Å²) in [6, 6.07) is 14.0. The number of hydrogen-bond donors (Lipinski definition) is 5. The van der Waals surface area contributed by atoms with Gasteiger partial charge in [-0.05, 0) is 195 Å². The molecule has 2 aliphatic heterocycles. The second-order valence-electron chi connectivity index (χ2n) is 22.0. The van der Waals surface area contributed by atoms with Gasteiger partial charge in [-0.1, -0.05) is 35.4 Å². The van der Waals surface area contributed by atoms with Crippen LogP contribution in [0.4, 0.5) is 0 Å². The molecule has 360 valence electrons. The van der Waals surface area contributed by atoms with Crippen LogP contribution >= 0.6 is 0 Å². The first-order chi connectivity index (χ1) is 30.9. The van der Waals surface area contributed by atoms with E-state index in [0.29, 0.717) is 90.5 Å². The van der Waals surface area contributed by atoms with Crippen molar-refractivity contribution >= 4 is 31.9 Å². The molecule has 13 nitrogen and oxygen atoms in total. The van der Waals surface area contributed by atoms with Gasteiger partial charge < -0.3 is 26.4 Å². The van der Waals surface area contributed by atoms with Crippen molar-refractivity contribution in [1.82, 2.24) is 13.9 Å². The van der Waals surface area contributed by atoms with Gasteiger partial charge in [-0.15, -0.1) is 0 Å². The molecule has 65 heavy (non-hydrogen) atoms. The minimum atomic E-state index is -3.47. The topological polar surface area (TPSA) is 208 Å². The van der Waals surface area contributed by atoms with Gasteiger partial charge in [0.2, 0.25) is 26.0 Å². The van der Waals surface area contributed by atoms with Crippen LogP contribution in [0.1, 0.15) is 114 Å². The van der Waals surface area contributed by atoms with Gasteiger partial charge in [0.25, 0.3) is 0 Å². The Hall–Kier alpha value is -2.92. The number of benzene rings is 2. The molecule has 2 unspecified atom stereocenters. The van der Waals surface area contributed by atoms with Gasteiger partial charge in [0.05, 0.1) is 9.79 Å². The fourth-order valence-corrected chi connectivity index (χ4v) is 17.3. The number of sulfonamides is 2. The molecule has 8 bridgehead atoms. The maximum absolute atomic E-state index is 12.9. The normalized spacial score (nSPS) is 33.3. The molecule has 2 heterocycles. The van der Waals surface area contributed by atoms with Crippen molar-refractivity contribution < 1.29 is 41.7 Å². The summed E-state index contributed by atoms with van der Waals surface area (Å²) in [4.78, 5) is 24.6. The zero-order valence-corrected chi connectivity index (χ0v) is 40.2. The second kappa shape index (κ2) is 19.6. The molecule has 15 heteroatoms. The number of hydrogen-bond acceptors (Lipinski definition) is 9. The average Bonchev–Trinajstić information content (AvgIpc) is 3.27. The number of carbonyl (C=O) groups is 2. The Labute approximate surface area is 387 Å². The van der Waals surface area contributed by atoms with Crippen molar-refractivity contribution in [2.45, 2.75) is 139 Å². The smallest absolute Gasteiger partial charge is 0.333 e. The lowest BCUT2D eigenvalue weighted by molar-refractivity contribution is -0.170. The molecule has 2 aromatic rings. The number of piperidine rings is 2. The van der Waals surface area contributed by atoms with E-state index in [4.69, 9.17) is 10.8 Å². The molecule has 8 saturated carbocycles. The molecule has 2 aromatic carbocycles. The number of carboxylic acid groups (broad SMARTS) is 1. The molecule has 1 amide bonds. The van der Waals surface area contributed by atoms with Crippen molar-refractivity contribution in [2.24, 2.45) is 63.9 Å². The molecule has 2 saturated heterocycles. The number of nitrogens with zero attached hydrogens (tertiary/aromatic N) is 2. The standard InChI is InChI=1S/C25H36N2O4S.C13H20N2O2S.C12H18O3/c1-17-2-4-22(5-3-17)32(30,31)27-8-6-18(7-9-27)16-26-24(29)23(28)25-13-19-10-20(14-25)12-21(11-19)15-25;1-11-2-4-13(5-3-11)18(16,17)15-8-6-12(10-14)7-9-15;13-10(11(14)15)12-4-7-1-8(5-12)3-9(2-7)6-12/h2-5,18-21,23,28H,6-16H2,1H3,(H,26,29);2-5,12H,6-10,14H2,1H3;7-10,13H,1-6H2,(H,14,15). The van der Waals surface area contributed by atoms with Crippen LogP contribution in [0.15, 0.2) is 58.3 Å². The number of aliphatic hydroxyl groups is 2. The highest BCUT2D eigenvalue weighted by molar-refractivity contribution is 7.89. The van der Waals surface area contributed by atoms with E-state index < -0.39 is 38.2 Å². The highest BCUT2D eigenvalue weighted by Gasteiger charge is 2.57. The molecule has 0 aromatic heterocycles. The summed E-state index contributed by atoms with van der Waals surface area (Å²) in [5.41, 5.74) is 7.25. The van der Waals surface area contributed by atoms with Gasteiger partial charge in [-0.3, -0.25) is 4.79 Å². The van der Waals surface area contributed by atoms with Gasteiger partial charge in [0, 0.05) is 43.6 Å². The summed E-state index contributed by atoms with van der Waals surface area (Å²) in [6.45, 7) is 7.15. The third kappa shape index (κ3) is 10.6. The maximum atomic E-state index is 12.9. The summed E-state index contributed by atoms with van der Waals surface area (Å²) < 4.78 is 53.7. The number of nitrogens with two attached hydrogens (primary N) is 1. The monoisotopic (exact) mass is 938 g/mol. The van der Waals surface area contributed by atoms with Crippen LogP contribution in [0.3, 0.4) is 0 Å². The van der Waals surface area contributed by atoms with Gasteiger partial charge in [-0.25, -0.2) is 21.6 Å². The molecular weight excluding hydrogens is 865 g/mol. The van der Waals surface area contributed by atoms with Crippen LogP contribution < -0.4 is 11.1 Å². The predicted octanol–water partition coefficient (Wildman–Crippen LogP) is 6.09. The first kappa shape index (κ1) is 48.5. The molecule has 0 spiro atoms. The lowest BCUT2D eigenvalue weighted by Crippen LogP contribution is -2.56. The van der Waals surface area contributed by atoms with Crippen LogP contribution in [0, 0.1) is 72.0 Å². The second-order valence-corrected chi connectivity index (χ2v) is 25.9. The van der Waals surface area contributed by atoms with Gasteiger partial charge in [0.1, 0.15) is 6.10 Å². The average molecular weight is 939 g/mol. The molecule has 2 atom stereocenters. The van der Waals surface area contributed by atoms with E-state index in [2.05, 4.69) is 5.32 Å². The lowest BCUT2D eigenvalue weighted by Gasteiger charge is -2.58. The van der Waals surface area contributed by atoms with E-state index in [-0.39, 0.29) is 22.7 Å². The summed E-state index contributed by atoms with van der Waals surface area (Å²) in [6.07, 6.45) is 14.7.